The standard InChI is InChI=1S/C25H27F3N2O3/c1-4-21(17-8-6-5-7-9-17)30-16-18(24(31)29-13-12-25(26,27)28)14-22(30)20-15-19(32-2)10-11-23(20)33-3/h5-11,14-16,21H,4,12-13H2,1-3H3,(H,29,31). The Morgan fingerprint density at radius 2 is 1.79 bits per heavy atom. The van der Waals surface area contributed by atoms with Crippen molar-refractivity contribution >= 4 is 5.91 Å². The summed E-state index contributed by atoms with van der Waals surface area (Å²) in [5.74, 6) is 0.633. The van der Waals surface area contributed by atoms with Gasteiger partial charge < -0.3 is 19.4 Å². The van der Waals surface area contributed by atoms with E-state index < -0.39 is 25.0 Å². The number of benzene rings is 2. The van der Waals surface area contributed by atoms with Crippen LogP contribution in [0.3, 0.4) is 0 Å². The van der Waals surface area contributed by atoms with E-state index in [1.54, 1.807) is 38.6 Å². The molecule has 0 saturated carbocycles. The molecule has 3 aromatic rings. The number of carbonyl (C=O) groups excluding carboxylic acids is 1. The number of nitrogens with zero attached hydrogens (tertiary/aromatic N) is 1. The lowest BCUT2D eigenvalue weighted by molar-refractivity contribution is -0.132. The molecule has 0 spiro atoms. The summed E-state index contributed by atoms with van der Waals surface area (Å²) in [6, 6.07) is 16.8. The molecule has 8 heteroatoms. The van der Waals surface area contributed by atoms with Crippen LogP contribution in [-0.4, -0.2) is 37.4 Å². The molecule has 176 valence electrons. The van der Waals surface area contributed by atoms with E-state index in [1.165, 1.54) is 0 Å². The summed E-state index contributed by atoms with van der Waals surface area (Å²) >= 11 is 0. The van der Waals surface area contributed by atoms with Crippen molar-refractivity contribution in [1.29, 1.82) is 0 Å². The van der Waals surface area contributed by atoms with Crippen LogP contribution < -0.4 is 14.8 Å². The number of nitrogens with one attached hydrogen (secondary N) is 1. The summed E-state index contributed by atoms with van der Waals surface area (Å²) in [4.78, 5) is 12.7. The summed E-state index contributed by atoms with van der Waals surface area (Å²) < 4.78 is 50.4. The zero-order valence-electron chi connectivity index (χ0n) is 18.8. The van der Waals surface area contributed by atoms with E-state index in [0.29, 0.717) is 22.8 Å². The Hall–Kier alpha value is -3.42. The SMILES string of the molecule is CCC(c1ccccc1)n1cc(C(=O)NCCC(F)(F)F)cc1-c1cc(OC)ccc1OC. The molecule has 1 N–H and O–H groups in total. The Morgan fingerprint density at radius 3 is 2.39 bits per heavy atom. The Bertz CT molecular complexity index is 1080. The number of alkyl halides is 3. The van der Waals surface area contributed by atoms with Crippen molar-refractivity contribution in [3.05, 3.63) is 71.9 Å². The van der Waals surface area contributed by atoms with Crippen molar-refractivity contribution in [3.63, 3.8) is 0 Å². The molecule has 2 aromatic carbocycles. The van der Waals surface area contributed by atoms with Crippen LogP contribution >= 0.6 is 0 Å². The fraction of sp³-hybridized carbons (Fsp3) is 0.320. The number of halogens is 3. The van der Waals surface area contributed by atoms with E-state index in [4.69, 9.17) is 9.47 Å². The first-order chi connectivity index (χ1) is 15.8. The maximum absolute atomic E-state index is 12.7. The molecule has 33 heavy (non-hydrogen) atoms. The van der Waals surface area contributed by atoms with Gasteiger partial charge in [-0.3, -0.25) is 4.79 Å². The Labute approximate surface area is 191 Å². The van der Waals surface area contributed by atoms with Crippen LogP contribution in [0.5, 0.6) is 11.5 Å². The van der Waals surface area contributed by atoms with E-state index in [1.807, 2.05) is 47.9 Å². The second-order valence-corrected chi connectivity index (χ2v) is 7.54. The number of hydrogen-bond acceptors (Lipinski definition) is 3. The van der Waals surface area contributed by atoms with E-state index in [9.17, 15) is 18.0 Å². The van der Waals surface area contributed by atoms with Gasteiger partial charge in [-0.2, -0.15) is 13.2 Å². The average molecular weight is 460 g/mol. The van der Waals surface area contributed by atoms with Gasteiger partial charge >= 0.3 is 6.18 Å². The minimum absolute atomic E-state index is 0.103. The number of ether oxygens (including phenoxy) is 2. The second-order valence-electron chi connectivity index (χ2n) is 7.54. The zero-order valence-corrected chi connectivity index (χ0v) is 18.8. The number of aromatic nitrogens is 1. The third kappa shape index (κ3) is 5.88. The Morgan fingerprint density at radius 1 is 1.06 bits per heavy atom. The smallest absolute Gasteiger partial charge is 0.390 e. The number of carbonyl (C=O) groups is 1. The fourth-order valence-electron chi connectivity index (χ4n) is 3.78. The third-order valence-electron chi connectivity index (χ3n) is 5.39. The van der Waals surface area contributed by atoms with Gasteiger partial charge in [-0.05, 0) is 36.2 Å². The number of rotatable bonds is 9. The molecule has 0 aliphatic carbocycles. The van der Waals surface area contributed by atoms with E-state index >= 15 is 0 Å². The first-order valence-corrected chi connectivity index (χ1v) is 10.6. The van der Waals surface area contributed by atoms with Gasteiger partial charge in [-0.1, -0.05) is 37.3 Å². The van der Waals surface area contributed by atoms with E-state index in [2.05, 4.69) is 5.32 Å². The molecular weight excluding hydrogens is 433 g/mol. The largest absolute Gasteiger partial charge is 0.497 e. The molecule has 1 heterocycles. The van der Waals surface area contributed by atoms with Crippen LogP contribution in [0, 0.1) is 0 Å². The maximum atomic E-state index is 12.7. The summed E-state index contributed by atoms with van der Waals surface area (Å²) in [6.45, 7) is 1.55. The summed E-state index contributed by atoms with van der Waals surface area (Å²) in [7, 11) is 3.11. The summed E-state index contributed by atoms with van der Waals surface area (Å²) in [6.07, 6.45) is -3.01. The maximum Gasteiger partial charge on any atom is 0.390 e. The van der Waals surface area contributed by atoms with Crippen molar-refractivity contribution in [2.75, 3.05) is 20.8 Å². The Kier molecular flexibility index (Phi) is 7.68. The molecule has 1 unspecified atom stereocenters. The highest BCUT2D eigenvalue weighted by Gasteiger charge is 2.27. The van der Waals surface area contributed by atoms with Crippen LogP contribution in [0.1, 0.15) is 41.7 Å². The predicted octanol–water partition coefficient (Wildman–Crippen LogP) is 5.85. The van der Waals surface area contributed by atoms with Gasteiger partial charge in [0.05, 0.1) is 37.9 Å². The normalized spacial score (nSPS) is 12.3. The highest BCUT2D eigenvalue weighted by molar-refractivity contribution is 5.95. The van der Waals surface area contributed by atoms with Gasteiger partial charge in [0.25, 0.3) is 5.91 Å². The van der Waals surface area contributed by atoms with Crippen molar-refractivity contribution in [3.8, 4) is 22.8 Å². The van der Waals surface area contributed by atoms with Crippen LogP contribution in [0.4, 0.5) is 13.2 Å². The summed E-state index contributed by atoms with van der Waals surface area (Å²) in [5, 5.41) is 2.37. The zero-order chi connectivity index (χ0) is 24.0. The molecular formula is C25H27F3N2O3. The van der Waals surface area contributed by atoms with Crippen LogP contribution in [0.2, 0.25) is 0 Å². The number of methoxy groups -OCH3 is 2. The van der Waals surface area contributed by atoms with Crippen LogP contribution in [0.25, 0.3) is 11.3 Å². The van der Waals surface area contributed by atoms with Crippen molar-refractivity contribution < 1.29 is 27.4 Å². The Balaban J connectivity index is 2.08. The van der Waals surface area contributed by atoms with Gasteiger partial charge in [-0.25, -0.2) is 0 Å². The lowest BCUT2D eigenvalue weighted by Gasteiger charge is -2.22. The lowest BCUT2D eigenvalue weighted by atomic mass is 10.0. The van der Waals surface area contributed by atoms with Crippen LogP contribution in [0.15, 0.2) is 60.8 Å². The molecule has 5 nitrogen and oxygen atoms in total. The molecule has 0 fully saturated rings. The number of amides is 1. The van der Waals surface area contributed by atoms with Gasteiger partial charge in [0.2, 0.25) is 0 Å². The van der Waals surface area contributed by atoms with Gasteiger partial charge in [0.1, 0.15) is 11.5 Å². The molecule has 1 aromatic heterocycles. The minimum atomic E-state index is -4.33. The van der Waals surface area contributed by atoms with Crippen molar-refractivity contribution in [2.45, 2.75) is 32.0 Å². The number of hydrogen-bond donors (Lipinski definition) is 1. The quantitative estimate of drug-likeness (QED) is 0.436. The van der Waals surface area contributed by atoms with Crippen LogP contribution in [-0.2, 0) is 0 Å². The van der Waals surface area contributed by atoms with Gasteiger partial charge in [-0.15, -0.1) is 0 Å². The molecule has 0 radical (unpaired) electrons. The predicted molar refractivity (Wildman–Crippen MR) is 121 cm³/mol. The molecule has 0 saturated heterocycles. The molecule has 3 rings (SSSR count). The highest BCUT2D eigenvalue weighted by atomic mass is 19.4. The van der Waals surface area contributed by atoms with Gasteiger partial charge in [0.15, 0.2) is 0 Å². The lowest BCUT2D eigenvalue weighted by Crippen LogP contribution is -2.27. The first kappa shape index (κ1) is 24.2. The fourth-order valence-corrected chi connectivity index (χ4v) is 3.78. The first-order valence-electron chi connectivity index (χ1n) is 10.6. The topological polar surface area (TPSA) is 52.5 Å². The average Bonchev–Trinajstić information content (AvgIpc) is 3.24. The van der Waals surface area contributed by atoms with Gasteiger partial charge in [0, 0.05) is 18.3 Å². The third-order valence-corrected chi connectivity index (χ3v) is 5.39. The highest BCUT2D eigenvalue weighted by Crippen LogP contribution is 2.38. The van der Waals surface area contributed by atoms with E-state index in [-0.39, 0.29) is 11.6 Å². The molecule has 0 aliphatic heterocycles. The monoisotopic (exact) mass is 460 g/mol. The molecule has 0 aliphatic rings. The van der Waals surface area contributed by atoms with Crippen molar-refractivity contribution in [2.24, 2.45) is 0 Å². The molecule has 1 atom stereocenters. The molecule has 0 bridgehead atoms. The molecule has 1 amide bonds. The summed E-state index contributed by atoms with van der Waals surface area (Å²) in [5.41, 5.74) is 2.72. The minimum Gasteiger partial charge on any atom is -0.497 e. The van der Waals surface area contributed by atoms with E-state index in [0.717, 1.165) is 12.0 Å². The van der Waals surface area contributed by atoms with Crippen molar-refractivity contribution in [1.82, 2.24) is 9.88 Å². The second kappa shape index (κ2) is 10.5.